The molecule has 0 aromatic carbocycles. The minimum absolute atomic E-state index is 0.0549. The lowest BCUT2D eigenvalue weighted by molar-refractivity contribution is 0.279. The van der Waals surface area contributed by atoms with Crippen molar-refractivity contribution in [1.82, 2.24) is 14.5 Å². The van der Waals surface area contributed by atoms with Gasteiger partial charge >= 0.3 is 0 Å². The Bertz CT molecular complexity index is 1090. The first-order valence-electron chi connectivity index (χ1n) is 10.9. The van der Waals surface area contributed by atoms with Crippen LogP contribution in [0, 0.1) is 24.7 Å². The second kappa shape index (κ2) is 9.46. The molecule has 31 heavy (non-hydrogen) atoms. The SMILES string of the molecule is C=C(CC)C(=CC=C(C)C)C1C(C)C1COc1nc(C)ncc1-c1ccc(=O)n(C)c1. The molecule has 0 radical (unpaired) electrons. The predicted octanol–water partition coefficient (Wildman–Crippen LogP) is 5.27. The van der Waals surface area contributed by atoms with E-state index in [0.29, 0.717) is 36.1 Å². The summed E-state index contributed by atoms with van der Waals surface area (Å²) in [6.07, 6.45) is 8.90. The molecule has 0 amide bonds. The molecule has 1 fully saturated rings. The average Bonchev–Trinajstić information content (AvgIpc) is 3.37. The highest BCUT2D eigenvalue weighted by Gasteiger charge is 2.49. The second-order valence-corrected chi connectivity index (χ2v) is 8.69. The largest absolute Gasteiger partial charge is 0.477 e. The summed E-state index contributed by atoms with van der Waals surface area (Å²) in [5.41, 5.74) is 5.41. The van der Waals surface area contributed by atoms with Crippen LogP contribution in [0.2, 0.25) is 0 Å². The van der Waals surface area contributed by atoms with E-state index in [1.165, 1.54) is 16.7 Å². The van der Waals surface area contributed by atoms with Crippen molar-refractivity contribution in [1.29, 1.82) is 0 Å². The van der Waals surface area contributed by atoms with Crippen molar-refractivity contribution in [3.63, 3.8) is 0 Å². The second-order valence-electron chi connectivity index (χ2n) is 8.69. The molecule has 3 unspecified atom stereocenters. The standard InChI is InChI=1S/C26H33N3O2/c1-8-17(4)21(11-9-16(2)3)25-18(5)23(25)15-31-26-22(13-27-19(6)28-26)20-10-12-24(30)29(7)14-20/h9-14,18,23,25H,4,8,15H2,1-3,5-7H3. The van der Waals surface area contributed by atoms with Crippen LogP contribution in [0.3, 0.4) is 0 Å². The maximum absolute atomic E-state index is 11.8. The van der Waals surface area contributed by atoms with Crippen LogP contribution in [0.1, 0.15) is 39.9 Å². The molecular formula is C26H33N3O2. The molecule has 3 rings (SSSR count). The zero-order chi connectivity index (χ0) is 22.7. The van der Waals surface area contributed by atoms with E-state index in [1.807, 2.05) is 6.92 Å². The summed E-state index contributed by atoms with van der Waals surface area (Å²) in [7, 11) is 1.73. The van der Waals surface area contributed by atoms with E-state index in [1.54, 1.807) is 36.1 Å². The summed E-state index contributed by atoms with van der Waals surface area (Å²) in [5.74, 6) is 2.63. The number of aryl methyl sites for hydroxylation is 2. The van der Waals surface area contributed by atoms with E-state index in [9.17, 15) is 4.79 Å². The zero-order valence-corrected chi connectivity index (χ0v) is 19.5. The third-order valence-corrected chi connectivity index (χ3v) is 6.04. The summed E-state index contributed by atoms with van der Waals surface area (Å²) in [4.78, 5) is 20.6. The summed E-state index contributed by atoms with van der Waals surface area (Å²) < 4.78 is 7.80. The first-order valence-corrected chi connectivity index (χ1v) is 10.9. The lowest BCUT2D eigenvalue weighted by Gasteiger charge is -2.12. The van der Waals surface area contributed by atoms with Gasteiger partial charge in [0, 0.05) is 37.0 Å². The third kappa shape index (κ3) is 5.22. The number of allylic oxidation sites excluding steroid dienone is 5. The van der Waals surface area contributed by atoms with Crippen molar-refractivity contribution in [2.24, 2.45) is 24.8 Å². The molecule has 1 aliphatic rings. The van der Waals surface area contributed by atoms with E-state index in [-0.39, 0.29) is 5.56 Å². The summed E-state index contributed by atoms with van der Waals surface area (Å²) >= 11 is 0. The van der Waals surface area contributed by atoms with Gasteiger partial charge in [0.2, 0.25) is 11.4 Å². The van der Waals surface area contributed by atoms with Crippen LogP contribution >= 0.6 is 0 Å². The topological polar surface area (TPSA) is 57.0 Å². The number of rotatable bonds is 8. The maximum Gasteiger partial charge on any atom is 0.250 e. The molecule has 0 spiro atoms. The van der Waals surface area contributed by atoms with Gasteiger partial charge in [0.05, 0.1) is 12.2 Å². The number of aromatic nitrogens is 3. The normalized spacial score (nSPS) is 20.3. The van der Waals surface area contributed by atoms with Crippen LogP contribution < -0.4 is 10.3 Å². The van der Waals surface area contributed by atoms with Crippen LogP contribution in [0.5, 0.6) is 5.88 Å². The van der Waals surface area contributed by atoms with Crippen LogP contribution in [0.15, 0.2) is 64.8 Å². The quantitative estimate of drug-likeness (QED) is 0.547. The maximum atomic E-state index is 11.8. The Hall–Kier alpha value is -2.95. The van der Waals surface area contributed by atoms with Gasteiger partial charge in [-0.2, -0.15) is 4.98 Å². The van der Waals surface area contributed by atoms with Gasteiger partial charge in [0.15, 0.2) is 0 Å². The number of nitrogens with zero attached hydrogens (tertiary/aromatic N) is 3. The fraction of sp³-hybridized carbons (Fsp3) is 0.423. The highest BCUT2D eigenvalue weighted by Crippen LogP contribution is 2.53. The van der Waals surface area contributed by atoms with E-state index in [4.69, 9.17) is 4.74 Å². The molecule has 5 heteroatoms. The van der Waals surface area contributed by atoms with Crippen molar-refractivity contribution in [3.05, 3.63) is 76.2 Å². The molecule has 0 saturated heterocycles. The molecule has 1 aliphatic carbocycles. The molecule has 5 nitrogen and oxygen atoms in total. The van der Waals surface area contributed by atoms with E-state index in [2.05, 4.69) is 56.4 Å². The molecular weight excluding hydrogens is 386 g/mol. The van der Waals surface area contributed by atoms with Gasteiger partial charge in [-0.3, -0.25) is 4.79 Å². The van der Waals surface area contributed by atoms with Gasteiger partial charge in [-0.15, -0.1) is 0 Å². The van der Waals surface area contributed by atoms with Gasteiger partial charge in [0.25, 0.3) is 0 Å². The Morgan fingerprint density at radius 1 is 1.29 bits per heavy atom. The summed E-state index contributed by atoms with van der Waals surface area (Å²) in [6, 6.07) is 3.34. The molecule has 164 valence electrons. The first-order chi connectivity index (χ1) is 14.7. The monoisotopic (exact) mass is 419 g/mol. The smallest absolute Gasteiger partial charge is 0.250 e. The van der Waals surface area contributed by atoms with Gasteiger partial charge in [-0.25, -0.2) is 4.98 Å². The van der Waals surface area contributed by atoms with Crippen molar-refractivity contribution in [2.75, 3.05) is 6.61 Å². The Labute approximate surface area is 185 Å². The predicted molar refractivity (Wildman–Crippen MR) is 126 cm³/mol. The van der Waals surface area contributed by atoms with Crippen LogP contribution in [0.4, 0.5) is 0 Å². The van der Waals surface area contributed by atoms with Crippen LogP contribution in [0.25, 0.3) is 11.1 Å². The van der Waals surface area contributed by atoms with Crippen LogP contribution in [-0.2, 0) is 7.05 Å². The van der Waals surface area contributed by atoms with Crippen molar-refractivity contribution in [3.8, 4) is 17.0 Å². The Kier molecular flexibility index (Phi) is 6.94. The minimum Gasteiger partial charge on any atom is -0.477 e. The zero-order valence-electron chi connectivity index (χ0n) is 19.5. The van der Waals surface area contributed by atoms with Crippen LogP contribution in [-0.4, -0.2) is 21.1 Å². The van der Waals surface area contributed by atoms with E-state index >= 15 is 0 Å². The summed E-state index contributed by atoms with van der Waals surface area (Å²) in [5, 5.41) is 0. The van der Waals surface area contributed by atoms with E-state index in [0.717, 1.165) is 17.5 Å². The number of hydrogen-bond donors (Lipinski definition) is 0. The fourth-order valence-corrected chi connectivity index (χ4v) is 3.93. The first kappa shape index (κ1) is 22.7. The molecule has 2 aromatic rings. The molecule has 3 atom stereocenters. The molecule has 0 aliphatic heterocycles. The van der Waals surface area contributed by atoms with Gasteiger partial charge in [0.1, 0.15) is 5.82 Å². The van der Waals surface area contributed by atoms with Crippen molar-refractivity contribution < 1.29 is 4.74 Å². The Morgan fingerprint density at radius 3 is 2.68 bits per heavy atom. The van der Waals surface area contributed by atoms with Crippen molar-refractivity contribution in [2.45, 2.75) is 41.0 Å². The molecule has 0 N–H and O–H groups in total. The Balaban J connectivity index is 1.81. The van der Waals surface area contributed by atoms with Gasteiger partial charge in [-0.1, -0.05) is 43.7 Å². The fourth-order valence-electron chi connectivity index (χ4n) is 3.93. The van der Waals surface area contributed by atoms with Gasteiger partial charge < -0.3 is 9.30 Å². The third-order valence-electron chi connectivity index (χ3n) is 6.04. The molecule has 1 saturated carbocycles. The molecule has 0 bridgehead atoms. The number of pyridine rings is 1. The average molecular weight is 420 g/mol. The Morgan fingerprint density at radius 2 is 2.03 bits per heavy atom. The molecule has 2 aromatic heterocycles. The highest BCUT2D eigenvalue weighted by molar-refractivity contribution is 5.66. The lowest BCUT2D eigenvalue weighted by Crippen LogP contribution is -2.14. The number of ether oxygens (including phenoxy) is 1. The molecule has 2 heterocycles. The highest BCUT2D eigenvalue weighted by atomic mass is 16.5. The van der Waals surface area contributed by atoms with Gasteiger partial charge in [-0.05, 0) is 50.7 Å². The minimum atomic E-state index is -0.0549. The van der Waals surface area contributed by atoms with E-state index < -0.39 is 0 Å². The summed E-state index contributed by atoms with van der Waals surface area (Å²) in [6.45, 7) is 15.4. The number of hydrogen-bond acceptors (Lipinski definition) is 4. The lowest BCUT2D eigenvalue weighted by atomic mass is 9.98. The van der Waals surface area contributed by atoms with Crippen molar-refractivity contribution >= 4 is 0 Å².